The van der Waals surface area contributed by atoms with Crippen LogP contribution in [0.3, 0.4) is 0 Å². The van der Waals surface area contributed by atoms with Gasteiger partial charge in [-0.05, 0) is 24.3 Å². The van der Waals surface area contributed by atoms with E-state index in [1.807, 2.05) is 73.7 Å². The zero-order valence-corrected chi connectivity index (χ0v) is 15.3. The Kier molecular flexibility index (Phi) is 3.52. The van der Waals surface area contributed by atoms with E-state index in [2.05, 4.69) is 4.98 Å². The van der Waals surface area contributed by atoms with Crippen molar-refractivity contribution in [2.75, 3.05) is 0 Å². The van der Waals surface area contributed by atoms with Gasteiger partial charge < -0.3 is 9.47 Å². The van der Waals surface area contributed by atoms with Crippen molar-refractivity contribution in [3.8, 4) is 22.1 Å². The van der Waals surface area contributed by atoms with E-state index in [9.17, 15) is 4.79 Å². The molecule has 4 aromatic rings. The number of nitrogens with zero attached hydrogens (tertiary/aromatic N) is 1. The van der Waals surface area contributed by atoms with Crippen LogP contribution < -0.4 is 9.47 Å². The lowest BCUT2D eigenvalue weighted by atomic mass is 10.1. The molecule has 0 saturated carbocycles. The van der Waals surface area contributed by atoms with Gasteiger partial charge >= 0.3 is 0 Å². The normalized spacial score (nSPS) is 18.0. The summed E-state index contributed by atoms with van der Waals surface area (Å²) in [7, 11) is 0. The number of carbonyl (C=O) groups excluding carboxylic acids is 1. The van der Waals surface area contributed by atoms with Gasteiger partial charge in [0.15, 0.2) is 17.8 Å². The molecule has 132 valence electrons. The van der Waals surface area contributed by atoms with Crippen LogP contribution in [0.25, 0.3) is 20.8 Å². The fourth-order valence-corrected chi connectivity index (χ4v) is 4.25. The summed E-state index contributed by atoms with van der Waals surface area (Å²) < 4.78 is 13.3. The Morgan fingerprint density at radius 3 is 2.56 bits per heavy atom. The molecule has 27 heavy (non-hydrogen) atoms. The van der Waals surface area contributed by atoms with Gasteiger partial charge in [-0.25, -0.2) is 4.98 Å². The minimum atomic E-state index is -0.965. The SMILES string of the molecule is CC1(c2ccccc2)Oc2cc(-c3nc4ccccc4s3)cc(C=O)c2O1. The van der Waals surface area contributed by atoms with E-state index in [-0.39, 0.29) is 0 Å². The third-order valence-corrected chi connectivity index (χ3v) is 5.74. The lowest BCUT2D eigenvalue weighted by Crippen LogP contribution is -2.31. The summed E-state index contributed by atoms with van der Waals surface area (Å²) in [6, 6.07) is 21.4. The van der Waals surface area contributed by atoms with Crippen LogP contribution in [0.5, 0.6) is 11.5 Å². The van der Waals surface area contributed by atoms with Gasteiger partial charge in [0.1, 0.15) is 5.01 Å². The van der Waals surface area contributed by atoms with E-state index >= 15 is 0 Å². The Labute approximate surface area is 160 Å². The zero-order valence-electron chi connectivity index (χ0n) is 14.5. The second-order valence-corrected chi connectivity index (χ2v) is 7.54. The summed E-state index contributed by atoms with van der Waals surface area (Å²) in [4.78, 5) is 16.4. The van der Waals surface area contributed by atoms with Crippen molar-refractivity contribution in [1.29, 1.82) is 0 Å². The van der Waals surface area contributed by atoms with E-state index in [4.69, 9.17) is 9.47 Å². The highest BCUT2D eigenvalue weighted by Crippen LogP contribution is 2.48. The van der Waals surface area contributed by atoms with Gasteiger partial charge in [-0.1, -0.05) is 42.5 Å². The number of benzene rings is 3. The van der Waals surface area contributed by atoms with Gasteiger partial charge in [0, 0.05) is 18.1 Å². The van der Waals surface area contributed by atoms with Crippen LogP contribution in [0.2, 0.25) is 0 Å². The maximum atomic E-state index is 11.7. The number of ether oxygens (including phenoxy) is 2. The average Bonchev–Trinajstić information content (AvgIpc) is 3.29. The highest BCUT2D eigenvalue weighted by molar-refractivity contribution is 7.21. The molecule has 3 aromatic carbocycles. The van der Waals surface area contributed by atoms with Crippen molar-refractivity contribution >= 4 is 27.8 Å². The topological polar surface area (TPSA) is 48.4 Å². The van der Waals surface area contributed by atoms with Crippen LogP contribution in [0.1, 0.15) is 22.8 Å². The molecule has 1 unspecified atom stereocenters. The summed E-state index contributed by atoms with van der Waals surface area (Å²) >= 11 is 1.59. The molecule has 0 fully saturated rings. The number of fused-ring (bicyclic) bond motifs is 2. The monoisotopic (exact) mass is 373 g/mol. The molecule has 1 aliphatic rings. The first-order valence-electron chi connectivity index (χ1n) is 8.59. The molecule has 0 amide bonds. The molecular weight excluding hydrogens is 358 g/mol. The first-order valence-corrected chi connectivity index (χ1v) is 9.41. The second kappa shape index (κ2) is 5.93. The molecule has 0 N–H and O–H groups in total. The van der Waals surface area contributed by atoms with Crippen LogP contribution in [0.15, 0.2) is 66.7 Å². The molecule has 0 saturated heterocycles. The van der Waals surface area contributed by atoms with Crippen molar-refractivity contribution in [2.45, 2.75) is 12.7 Å². The highest BCUT2D eigenvalue weighted by Gasteiger charge is 2.40. The van der Waals surface area contributed by atoms with Gasteiger partial charge in [-0.3, -0.25) is 4.79 Å². The minimum absolute atomic E-state index is 0.460. The van der Waals surface area contributed by atoms with Crippen molar-refractivity contribution in [1.82, 2.24) is 4.98 Å². The molecule has 1 atom stereocenters. The molecule has 0 bridgehead atoms. The number of hydrogen-bond donors (Lipinski definition) is 0. The number of hydrogen-bond acceptors (Lipinski definition) is 5. The predicted molar refractivity (Wildman–Crippen MR) is 105 cm³/mol. The van der Waals surface area contributed by atoms with E-state index in [1.165, 1.54) is 0 Å². The summed E-state index contributed by atoms with van der Waals surface area (Å²) in [6.45, 7) is 1.86. The molecular formula is C22H15NO3S. The average molecular weight is 373 g/mol. The summed E-state index contributed by atoms with van der Waals surface area (Å²) in [5.41, 5.74) is 3.14. The third kappa shape index (κ3) is 2.59. The maximum Gasteiger partial charge on any atom is 0.275 e. The zero-order chi connectivity index (χ0) is 18.4. The van der Waals surface area contributed by atoms with E-state index < -0.39 is 5.79 Å². The van der Waals surface area contributed by atoms with E-state index in [0.717, 1.165) is 32.6 Å². The number of aldehydes is 1. The number of thiazole rings is 1. The minimum Gasteiger partial charge on any atom is -0.444 e. The van der Waals surface area contributed by atoms with Gasteiger partial charge in [-0.2, -0.15) is 0 Å². The van der Waals surface area contributed by atoms with Gasteiger partial charge in [0.2, 0.25) is 0 Å². The van der Waals surface area contributed by atoms with Crippen LogP contribution in [0, 0.1) is 0 Å². The number of aromatic nitrogens is 1. The van der Waals surface area contributed by atoms with Gasteiger partial charge in [0.25, 0.3) is 5.79 Å². The van der Waals surface area contributed by atoms with Crippen LogP contribution in [-0.2, 0) is 5.79 Å². The largest absolute Gasteiger partial charge is 0.444 e. The quantitative estimate of drug-likeness (QED) is 0.450. The molecule has 0 spiro atoms. The summed E-state index contributed by atoms with van der Waals surface area (Å²) in [5, 5.41) is 0.846. The first-order chi connectivity index (χ1) is 13.2. The molecule has 2 heterocycles. The Morgan fingerprint density at radius 1 is 1.00 bits per heavy atom. The van der Waals surface area contributed by atoms with Crippen molar-refractivity contribution in [2.24, 2.45) is 0 Å². The highest BCUT2D eigenvalue weighted by atomic mass is 32.1. The number of carbonyl (C=O) groups is 1. The third-order valence-electron chi connectivity index (χ3n) is 4.65. The lowest BCUT2D eigenvalue weighted by Gasteiger charge is -2.23. The fraction of sp³-hybridized carbons (Fsp3) is 0.0909. The maximum absolute atomic E-state index is 11.7. The molecule has 4 nitrogen and oxygen atoms in total. The molecule has 5 heteroatoms. The van der Waals surface area contributed by atoms with Gasteiger partial charge in [-0.15, -0.1) is 11.3 Å². The molecule has 5 rings (SSSR count). The summed E-state index contributed by atoms with van der Waals surface area (Å²) in [5.74, 6) is 0.0644. The Bertz CT molecular complexity index is 1140. The Morgan fingerprint density at radius 2 is 1.78 bits per heavy atom. The Hall–Kier alpha value is -3.18. The first kappa shape index (κ1) is 16.0. The second-order valence-electron chi connectivity index (χ2n) is 6.51. The summed E-state index contributed by atoms with van der Waals surface area (Å²) in [6.07, 6.45) is 0.801. The van der Waals surface area contributed by atoms with Crippen LogP contribution in [-0.4, -0.2) is 11.3 Å². The molecule has 0 aliphatic carbocycles. The smallest absolute Gasteiger partial charge is 0.275 e. The fourth-order valence-electron chi connectivity index (χ4n) is 3.30. The van der Waals surface area contributed by atoms with E-state index in [1.54, 1.807) is 11.3 Å². The lowest BCUT2D eigenvalue weighted by molar-refractivity contribution is -0.0681. The van der Waals surface area contributed by atoms with Crippen molar-refractivity contribution in [3.05, 3.63) is 77.9 Å². The molecule has 1 aliphatic heterocycles. The standard InChI is InChI=1S/C22H15NO3S/c1-22(16-7-3-2-4-8-16)25-18-12-14(11-15(13-24)20(18)26-22)21-23-17-9-5-6-10-19(17)27-21/h2-13H,1H3. The molecule has 1 aromatic heterocycles. The number of rotatable bonds is 3. The predicted octanol–water partition coefficient (Wildman–Crippen LogP) is 5.42. The van der Waals surface area contributed by atoms with E-state index in [0.29, 0.717) is 17.1 Å². The van der Waals surface area contributed by atoms with Crippen molar-refractivity contribution in [3.63, 3.8) is 0 Å². The Balaban J connectivity index is 1.61. The van der Waals surface area contributed by atoms with Crippen molar-refractivity contribution < 1.29 is 14.3 Å². The number of para-hydroxylation sites is 1. The van der Waals surface area contributed by atoms with Crippen LogP contribution in [0.4, 0.5) is 0 Å². The van der Waals surface area contributed by atoms with Gasteiger partial charge in [0.05, 0.1) is 15.8 Å². The molecule has 0 radical (unpaired) electrons. The van der Waals surface area contributed by atoms with Crippen LogP contribution >= 0.6 is 11.3 Å².